The molecule has 5 nitrogen and oxygen atoms in total. The summed E-state index contributed by atoms with van der Waals surface area (Å²) in [5, 5.41) is 9.36. The number of hydrogen-bond acceptors (Lipinski definition) is 4. The van der Waals surface area contributed by atoms with Gasteiger partial charge < -0.3 is 14.4 Å². The smallest absolute Gasteiger partial charge is 0.230 e. The fourth-order valence-corrected chi connectivity index (χ4v) is 2.57. The van der Waals surface area contributed by atoms with Gasteiger partial charge in [-0.1, -0.05) is 18.2 Å². The van der Waals surface area contributed by atoms with Gasteiger partial charge in [-0.25, -0.2) is 4.98 Å². The molecule has 1 amide bonds. The van der Waals surface area contributed by atoms with Crippen molar-refractivity contribution in [3.8, 4) is 11.5 Å². The SMILES string of the molecule is CC(C)(CO)C(=O)N1CCc2oc(-c3ccccc3)nc2C1. The molecule has 2 heterocycles. The average Bonchev–Trinajstić information content (AvgIpc) is 2.98. The summed E-state index contributed by atoms with van der Waals surface area (Å²) in [4.78, 5) is 18.7. The van der Waals surface area contributed by atoms with Crippen molar-refractivity contribution in [2.45, 2.75) is 26.8 Å². The summed E-state index contributed by atoms with van der Waals surface area (Å²) >= 11 is 0. The summed E-state index contributed by atoms with van der Waals surface area (Å²) in [6, 6.07) is 9.74. The number of carbonyl (C=O) groups excluding carboxylic acids is 1. The normalized spacial score (nSPS) is 14.8. The number of rotatable bonds is 3. The molecule has 0 fully saturated rings. The average molecular weight is 300 g/mol. The van der Waals surface area contributed by atoms with Crippen LogP contribution in [-0.2, 0) is 17.8 Å². The van der Waals surface area contributed by atoms with E-state index in [1.165, 1.54) is 0 Å². The Bertz CT molecular complexity index is 676. The number of benzene rings is 1. The highest BCUT2D eigenvalue weighted by molar-refractivity contribution is 5.82. The monoisotopic (exact) mass is 300 g/mol. The lowest BCUT2D eigenvalue weighted by Gasteiger charge is -2.32. The maximum Gasteiger partial charge on any atom is 0.230 e. The zero-order valence-electron chi connectivity index (χ0n) is 12.9. The van der Waals surface area contributed by atoms with Gasteiger partial charge in [0.25, 0.3) is 0 Å². The van der Waals surface area contributed by atoms with Gasteiger partial charge in [-0.3, -0.25) is 4.79 Å². The first kappa shape index (κ1) is 14.8. The molecule has 0 radical (unpaired) electrons. The van der Waals surface area contributed by atoms with Gasteiger partial charge in [-0.05, 0) is 26.0 Å². The molecule has 0 saturated carbocycles. The molecular weight excluding hydrogens is 280 g/mol. The summed E-state index contributed by atoms with van der Waals surface area (Å²) in [7, 11) is 0. The first-order valence-electron chi connectivity index (χ1n) is 7.45. The van der Waals surface area contributed by atoms with Gasteiger partial charge in [0.15, 0.2) is 0 Å². The lowest BCUT2D eigenvalue weighted by Crippen LogP contribution is -2.45. The molecule has 0 bridgehead atoms. The van der Waals surface area contributed by atoms with Gasteiger partial charge in [0, 0.05) is 18.5 Å². The maximum absolute atomic E-state index is 12.4. The molecule has 1 aliphatic rings. The fraction of sp³-hybridized carbons (Fsp3) is 0.412. The molecule has 0 atom stereocenters. The van der Waals surface area contributed by atoms with E-state index in [-0.39, 0.29) is 12.5 Å². The van der Waals surface area contributed by atoms with Crippen molar-refractivity contribution in [3.05, 3.63) is 41.8 Å². The lowest BCUT2D eigenvalue weighted by atomic mass is 9.92. The van der Waals surface area contributed by atoms with E-state index in [0.29, 0.717) is 25.4 Å². The Morgan fingerprint density at radius 1 is 1.36 bits per heavy atom. The van der Waals surface area contributed by atoms with Crippen molar-refractivity contribution in [2.75, 3.05) is 13.2 Å². The van der Waals surface area contributed by atoms with E-state index in [1.807, 2.05) is 30.3 Å². The van der Waals surface area contributed by atoms with Crippen LogP contribution in [0.2, 0.25) is 0 Å². The molecule has 116 valence electrons. The van der Waals surface area contributed by atoms with E-state index >= 15 is 0 Å². The highest BCUT2D eigenvalue weighted by Gasteiger charge is 2.34. The molecule has 22 heavy (non-hydrogen) atoms. The Morgan fingerprint density at radius 3 is 2.77 bits per heavy atom. The number of nitrogens with zero attached hydrogens (tertiary/aromatic N) is 2. The Labute approximate surface area is 129 Å². The third kappa shape index (κ3) is 2.64. The summed E-state index contributed by atoms with van der Waals surface area (Å²) in [5.74, 6) is 1.40. The van der Waals surface area contributed by atoms with Crippen molar-refractivity contribution in [1.29, 1.82) is 0 Å². The van der Waals surface area contributed by atoms with Crippen LogP contribution in [0, 0.1) is 5.41 Å². The molecule has 3 rings (SSSR count). The minimum absolute atomic E-state index is 0.0510. The predicted octanol–water partition coefficient (Wildman–Crippen LogP) is 2.24. The van der Waals surface area contributed by atoms with Crippen LogP contribution in [0.15, 0.2) is 34.7 Å². The van der Waals surface area contributed by atoms with Crippen molar-refractivity contribution in [2.24, 2.45) is 5.41 Å². The summed E-state index contributed by atoms with van der Waals surface area (Å²) < 4.78 is 5.83. The van der Waals surface area contributed by atoms with E-state index < -0.39 is 5.41 Å². The molecule has 1 aromatic heterocycles. The second kappa shape index (κ2) is 5.57. The molecule has 1 aliphatic heterocycles. The molecule has 5 heteroatoms. The van der Waals surface area contributed by atoms with Crippen LogP contribution in [0.25, 0.3) is 11.5 Å². The van der Waals surface area contributed by atoms with Gasteiger partial charge in [-0.2, -0.15) is 0 Å². The molecular formula is C17H20N2O3. The Hall–Kier alpha value is -2.14. The first-order chi connectivity index (χ1) is 10.5. The van der Waals surface area contributed by atoms with E-state index in [9.17, 15) is 9.90 Å². The topological polar surface area (TPSA) is 66.6 Å². The van der Waals surface area contributed by atoms with E-state index in [1.54, 1.807) is 18.7 Å². The van der Waals surface area contributed by atoms with E-state index in [0.717, 1.165) is 17.0 Å². The Morgan fingerprint density at radius 2 is 2.09 bits per heavy atom. The molecule has 0 saturated heterocycles. The second-order valence-electron chi connectivity index (χ2n) is 6.27. The molecule has 0 aliphatic carbocycles. The molecule has 0 unspecified atom stereocenters. The number of aliphatic hydroxyl groups is 1. The fourth-order valence-electron chi connectivity index (χ4n) is 2.57. The number of aliphatic hydroxyl groups excluding tert-OH is 1. The minimum Gasteiger partial charge on any atom is -0.441 e. The second-order valence-corrected chi connectivity index (χ2v) is 6.27. The summed E-state index contributed by atoms with van der Waals surface area (Å²) in [6.45, 7) is 4.38. The van der Waals surface area contributed by atoms with Crippen LogP contribution >= 0.6 is 0 Å². The van der Waals surface area contributed by atoms with Crippen LogP contribution in [0.5, 0.6) is 0 Å². The molecule has 2 aromatic rings. The third-order valence-corrected chi connectivity index (χ3v) is 4.01. The summed E-state index contributed by atoms with van der Waals surface area (Å²) in [6.07, 6.45) is 0.655. The first-order valence-corrected chi connectivity index (χ1v) is 7.45. The highest BCUT2D eigenvalue weighted by Crippen LogP contribution is 2.28. The van der Waals surface area contributed by atoms with Crippen LogP contribution < -0.4 is 0 Å². The number of hydrogen-bond donors (Lipinski definition) is 1. The van der Waals surface area contributed by atoms with Crippen molar-refractivity contribution < 1.29 is 14.3 Å². The van der Waals surface area contributed by atoms with Crippen molar-refractivity contribution >= 4 is 5.91 Å². The lowest BCUT2D eigenvalue weighted by molar-refractivity contribution is -0.143. The number of carbonyl (C=O) groups is 1. The van der Waals surface area contributed by atoms with Gasteiger partial charge in [0.2, 0.25) is 11.8 Å². The molecule has 0 spiro atoms. The largest absolute Gasteiger partial charge is 0.441 e. The standard InChI is InChI=1S/C17H20N2O3/c1-17(2,11-20)16(21)19-9-8-14-13(10-19)18-15(22-14)12-6-4-3-5-7-12/h3-7,20H,8-11H2,1-2H3. The van der Waals surface area contributed by atoms with Crippen LogP contribution in [-0.4, -0.2) is 34.0 Å². The molecule has 1 N–H and O–H groups in total. The third-order valence-electron chi connectivity index (χ3n) is 4.01. The summed E-state index contributed by atoms with van der Waals surface area (Å²) in [5.41, 5.74) is 0.987. The van der Waals surface area contributed by atoms with Gasteiger partial charge in [-0.15, -0.1) is 0 Å². The number of fused-ring (bicyclic) bond motifs is 1. The van der Waals surface area contributed by atoms with E-state index in [2.05, 4.69) is 4.98 Å². The Balaban J connectivity index is 1.82. The van der Waals surface area contributed by atoms with Crippen LogP contribution in [0.1, 0.15) is 25.3 Å². The van der Waals surface area contributed by atoms with Crippen molar-refractivity contribution in [3.63, 3.8) is 0 Å². The van der Waals surface area contributed by atoms with E-state index in [4.69, 9.17) is 4.42 Å². The highest BCUT2D eigenvalue weighted by atomic mass is 16.4. The minimum atomic E-state index is -0.760. The number of aromatic nitrogens is 1. The van der Waals surface area contributed by atoms with Crippen molar-refractivity contribution in [1.82, 2.24) is 9.88 Å². The predicted molar refractivity (Wildman–Crippen MR) is 81.9 cm³/mol. The molecule has 1 aromatic carbocycles. The van der Waals surface area contributed by atoms with Gasteiger partial charge in [0.1, 0.15) is 11.5 Å². The van der Waals surface area contributed by atoms with Crippen LogP contribution in [0.4, 0.5) is 0 Å². The van der Waals surface area contributed by atoms with Gasteiger partial charge in [0.05, 0.1) is 18.6 Å². The number of oxazole rings is 1. The Kier molecular flexibility index (Phi) is 3.74. The maximum atomic E-state index is 12.4. The van der Waals surface area contributed by atoms with Crippen LogP contribution in [0.3, 0.4) is 0 Å². The van der Waals surface area contributed by atoms with Gasteiger partial charge >= 0.3 is 0 Å². The zero-order valence-corrected chi connectivity index (χ0v) is 12.9. The number of amides is 1. The zero-order chi connectivity index (χ0) is 15.7. The quantitative estimate of drug-likeness (QED) is 0.944.